The fourth-order valence-electron chi connectivity index (χ4n) is 12.8. The molecule has 2 aromatic heterocycles. The van der Waals surface area contributed by atoms with Crippen LogP contribution in [0, 0.1) is 13.8 Å². The first-order valence-electron chi connectivity index (χ1n) is 25.8. The van der Waals surface area contributed by atoms with Crippen molar-refractivity contribution in [3.8, 4) is 11.4 Å². The number of aryl methyl sites for hydroxylation is 2. The minimum Gasteiger partial charge on any atom is -0.310 e. The topological polar surface area (TPSA) is 9.86 Å². The van der Waals surface area contributed by atoms with E-state index >= 15 is 0 Å². The normalized spacial score (nSPS) is 13.8. The summed E-state index contributed by atoms with van der Waals surface area (Å²) in [6.45, 7) is 38.0. The molecule has 0 aliphatic carbocycles. The zero-order valence-electron chi connectivity index (χ0n) is 43.8. The van der Waals surface area contributed by atoms with Gasteiger partial charge in [0.25, 0.3) is 0 Å². The summed E-state index contributed by atoms with van der Waals surface area (Å²) in [7, 11) is 0. The summed E-state index contributed by atoms with van der Waals surface area (Å²) in [5, 5.41) is 5.42. The van der Waals surface area contributed by atoms with Crippen LogP contribution in [0.3, 0.4) is 0 Å². The summed E-state index contributed by atoms with van der Waals surface area (Å²) in [4.78, 5) is 0. The van der Waals surface area contributed by atoms with Gasteiger partial charge in [0.1, 0.15) is 0 Å². The number of aromatic nitrogens is 2. The molecule has 11 rings (SSSR count). The second-order valence-electron chi connectivity index (χ2n) is 24.3. The molecule has 342 valence electrons. The molecular formula is C64H70B2N2. The first-order chi connectivity index (χ1) is 32.1. The molecule has 0 unspecified atom stereocenters. The average Bonchev–Trinajstić information content (AvgIpc) is 3.78. The predicted molar refractivity (Wildman–Crippen MR) is 301 cm³/mol. The van der Waals surface area contributed by atoms with Gasteiger partial charge in [-0.05, 0) is 152 Å². The van der Waals surface area contributed by atoms with Crippen molar-refractivity contribution in [2.45, 2.75) is 145 Å². The number of hydrogen-bond acceptors (Lipinski definition) is 0. The molecule has 0 amide bonds. The van der Waals surface area contributed by atoms with E-state index in [2.05, 4.69) is 229 Å². The van der Waals surface area contributed by atoms with Gasteiger partial charge >= 0.3 is 0 Å². The molecule has 0 saturated carbocycles. The lowest BCUT2D eigenvalue weighted by molar-refractivity contribution is 0.591. The smallest absolute Gasteiger partial charge is 0.247 e. The molecule has 2 aliphatic rings. The molecule has 0 fully saturated rings. The summed E-state index contributed by atoms with van der Waals surface area (Å²) in [6, 6.07) is 44.5. The number of fused-ring (bicyclic) bond motifs is 10. The number of hydrogen-bond donors (Lipinski definition) is 0. The van der Waals surface area contributed by atoms with Gasteiger partial charge in [-0.2, -0.15) is 0 Å². The van der Waals surface area contributed by atoms with E-state index in [-0.39, 0.29) is 24.3 Å². The molecule has 0 bridgehead atoms. The second-order valence-corrected chi connectivity index (χ2v) is 24.3. The summed E-state index contributed by atoms with van der Waals surface area (Å²) >= 11 is 0. The molecule has 68 heavy (non-hydrogen) atoms. The van der Waals surface area contributed by atoms with Crippen LogP contribution >= 0.6 is 0 Å². The van der Waals surface area contributed by atoms with Crippen molar-refractivity contribution in [2.75, 3.05) is 0 Å². The highest BCUT2D eigenvalue weighted by molar-refractivity contribution is 7.00. The Labute approximate surface area is 407 Å². The van der Waals surface area contributed by atoms with E-state index in [0.717, 1.165) is 0 Å². The van der Waals surface area contributed by atoms with Crippen molar-refractivity contribution in [1.82, 2.24) is 9.13 Å². The molecule has 7 aromatic carbocycles. The summed E-state index contributed by atoms with van der Waals surface area (Å²) < 4.78 is 5.40. The van der Waals surface area contributed by atoms with Crippen LogP contribution in [0.5, 0.6) is 0 Å². The molecule has 0 atom stereocenters. The molecule has 2 aliphatic heterocycles. The highest BCUT2D eigenvalue weighted by Crippen LogP contribution is 2.41. The first kappa shape index (κ1) is 44.8. The highest BCUT2D eigenvalue weighted by Gasteiger charge is 2.42. The van der Waals surface area contributed by atoms with Crippen molar-refractivity contribution >= 4 is 89.8 Å². The minimum atomic E-state index is 0.0204. The van der Waals surface area contributed by atoms with Gasteiger partial charge in [0.05, 0.1) is 11.0 Å². The lowest BCUT2D eigenvalue weighted by Crippen LogP contribution is -2.61. The molecular weight excluding hydrogens is 818 g/mol. The maximum atomic E-state index is 2.70. The first-order valence-corrected chi connectivity index (χ1v) is 25.8. The predicted octanol–water partition coefficient (Wildman–Crippen LogP) is 13.2. The zero-order valence-corrected chi connectivity index (χ0v) is 43.8. The van der Waals surface area contributed by atoms with E-state index in [9.17, 15) is 0 Å². The third kappa shape index (κ3) is 6.52. The second kappa shape index (κ2) is 15.4. The zero-order chi connectivity index (χ0) is 48.2. The summed E-state index contributed by atoms with van der Waals surface area (Å²) in [5.41, 5.74) is 27.8. The Morgan fingerprint density at radius 1 is 0.382 bits per heavy atom. The fraction of sp³-hybridized carbons (Fsp3) is 0.344. The third-order valence-electron chi connectivity index (χ3n) is 16.1. The highest BCUT2D eigenvalue weighted by atomic mass is 15.0. The van der Waals surface area contributed by atoms with Crippen LogP contribution in [-0.4, -0.2) is 22.6 Å². The van der Waals surface area contributed by atoms with Crippen LogP contribution in [0.1, 0.15) is 165 Å². The number of nitrogens with zero attached hydrogens (tertiary/aromatic N) is 2. The SMILES string of the molecule is Cc1cc2c3c(c1)c1cc(C(C)(C)C)ccc1n3-c1cc3c(cc1B2c1c(C(C)C)cccc1C(C)C)-n1c2ccc(C(C)(C)C)cc2c2cc(C)cc(c21)B3c1c(C(C)C)cccc1C(C)C. The Balaban J connectivity index is 1.38. The Morgan fingerprint density at radius 3 is 1.03 bits per heavy atom. The van der Waals surface area contributed by atoms with E-state index < -0.39 is 0 Å². The summed E-state index contributed by atoms with van der Waals surface area (Å²) in [6.07, 6.45) is 0. The Morgan fingerprint density at radius 2 is 0.721 bits per heavy atom. The van der Waals surface area contributed by atoms with Gasteiger partial charge < -0.3 is 9.13 Å². The molecule has 4 heterocycles. The average molecular weight is 889 g/mol. The molecule has 2 nitrogen and oxygen atoms in total. The monoisotopic (exact) mass is 889 g/mol. The lowest BCUT2D eigenvalue weighted by Gasteiger charge is -2.36. The lowest BCUT2D eigenvalue weighted by atomic mass is 9.31. The number of rotatable bonds is 6. The van der Waals surface area contributed by atoms with Crippen LogP contribution in [-0.2, 0) is 10.8 Å². The molecule has 0 saturated heterocycles. The van der Waals surface area contributed by atoms with Gasteiger partial charge in [-0.1, -0.05) is 180 Å². The quantitative estimate of drug-likeness (QED) is 0.147. The third-order valence-corrected chi connectivity index (χ3v) is 16.1. The fourth-order valence-corrected chi connectivity index (χ4v) is 12.8. The van der Waals surface area contributed by atoms with Crippen molar-refractivity contribution in [2.24, 2.45) is 0 Å². The van der Waals surface area contributed by atoms with Gasteiger partial charge in [-0.15, -0.1) is 0 Å². The maximum Gasteiger partial charge on any atom is 0.247 e. The molecule has 9 aromatic rings. The molecule has 4 heteroatoms. The van der Waals surface area contributed by atoms with Gasteiger partial charge in [0.15, 0.2) is 0 Å². The van der Waals surface area contributed by atoms with E-state index in [1.54, 1.807) is 0 Å². The van der Waals surface area contributed by atoms with E-state index in [0.29, 0.717) is 23.7 Å². The van der Waals surface area contributed by atoms with Crippen molar-refractivity contribution < 1.29 is 0 Å². The molecule has 0 spiro atoms. The van der Waals surface area contributed by atoms with Crippen LogP contribution in [0.15, 0.2) is 109 Å². The van der Waals surface area contributed by atoms with Crippen LogP contribution in [0.2, 0.25) is 0 Å². The Hall–Kier alpha value is -5.73. The van der Waals surface area contributed by atoms with Crippen LogP contribution in [0.4, 0.5) is 0 Å². The molecule has 0 radical (unpaired) electrons. The summed E-state index contributed by atoms with van der Waals surface area (Å²) in [5.74, 6) is 1.44. The van der Waals surface area contributed by atoms with E-state index in [4.69, 9.17) is 0 Å². The van der Waals surface area contributed by atoms with E-state index in [1.165, 1.54) is 132 Å². The maximum absolute atomic E-state index is 2.70. The standard InChI is InChI=1S/C64H70B2N2/c1-35(2)43-19-17-20-44(36(3)4)59(43)65-51-33-58-52(34-57(51)67-55-25-23-41(63(11,12)13)31-47(55)49-27-39(9)29-53(65)61(49)67)66(60-45(37(5)6)21-18-22-46(60)38(7)8)54-30-40(10)28-50-48-32-42(64(14,15)16)24-26-56(48)68(58)62(50)54/h17-38H,1-16H3. The van der Waals surface area contributed by atoms with Crippen molar-refractivity contribution in [3.63, 3.8) is 0 Å². The van der Waals surface area contributed by atoms with Crippen LogP contribution in [0.25, 0.3) is 55.0 Å². The van der Waals surface area contributed by atoms with Crippen molar-refractivity contribution in [1.29, 1.82) is 0 Å². The Bertz CT molecular complexity index is 3280. The van der Waals surface area contributed by atoms with Gasteiger partial charge in [0, 0.05) is 44.0 Å². The van der Waals surface area contributed by atoms with Gasteiger partial charge in [-0.25, -0.2) is 0 Å². The minimum absolute atomic E-state index is 0.0204. The Kier molecular flexibility index (Phi) is 10.1. The van der Waals surface area contributed by atoms with Gasteiger partial charge in [-0.3, -0.25) is 0 Å². The largest absolute Gasteiger partial charge is 0.310 e. The molecule has 0 N–H and O–H groups in total. The van der Waals surface area contributed by atoms with Crippen LogP contribution < -0.4 is 32.8 Å². The van der Waals surface area contributed by atoms with Crippen molar-refractivity contribution in [3.05, 3.63) is 154 Å². The van der Waals surface area contributed by atoms with E-state index in [1.807, 2.05) is 0 Å². The van der Waals surface area contributed by atoms with Gasteiger partial charge in [0.2, 0.25) is 13.4 Å². The number of benzene rings is 7.